The number of fused-ring (bicyclic) bond motifs is 1. The van der Waals surface area contributed by atoms with E-state index in [-0.39, 0.29) is 18.1 Å². The normalized spacial score (nSPS) is 11.1. The number of aromatic nitrogens is 3. The number of carbonyl (C=O) groups is 1. The van der Waals surface area contributed by atoms with Gasteiger partial charge in [-0.25, -0.2) is 9.97 Å². The third-order valence-corrected chi connectivity index (χ3v) is 4.43. The van der Waals surface area contributed by atoms with E-state index < -0.39 is 0 Å². The minimum atomic E-state index is -0.256. The number of benzene rings is 1. The molecule has 2 heterocycles. The number of nitrogens with zero attached hydrogens (tertiary/aromatic N) is 3. The molecule has 0 aliphatic carbocycles. The van der Waals surface area contributed by atoms with Crippen LogP contribution in [-0.2, 0) is 6.54 Å². The molecule has 6 nitrogen and oxygen atoms in total. The maximum Gasteiger partial charge on any atom is 0.271 e. The fraction of sp³-hybridized carbons (Fsp3) is 0.235. The number of hydrogen-bond acceptors (Lipinski definition) is 4. The Labute approximate surface area is 155 Å². The average Bonchev–Trinajstić information content (AvgIpc) is 2.98. The van der Waals surface area contributed by atoms with Crippen molar-refractivity contribution in [2.24, 2.45) is 5.73 Å². The van der Waals surface area contributed by atoms with E-state index in [9.17, 15) is 4.79 Å². The molecule has 0 bridgehead atoms. The van der Waals surface area contributed by atoms with Crippen molar-refractivity contribution >= 4 is 34.9 Å². The second-order valence-corrected chi connectivity index (χ2v) is 6.35. The molecule has 0 fully saturated rings. The van der Waals surface area contributed by atoms with Crippen molar-refractivity contribution in [3.05, 3.63) is 51.4 Å². The molecular weight excluding hydrogens is 361 g/mol. The van der Waals surface area contributed by atoms with Crippen molar-refractivity contribution < 1.29 is 4.79 Å². The summed E-state index contributed by atoms with van der Waals surface area (Å²) >= 11 is 12.4. The maximum absolute atomic E-state index is 12.1. The Kier molecular flexibility index (Phi) is 4.94. The van der Waals surface area contributed by atoms with Gasteiger partial charge in [-0.3, -0.25) is 9.20 Å². The zero-order valence-corrected chi connectivity index (χ0v) is 15.3. The molecule has 0 saturated heterocycles. The number of nitrogens with one attached hydrogen (secondary N) is 1. The lowest BCUT2D eigenvalue weighted by Crippen LogP contribution is -2.22. The van der Waals surface area contributed by atoms with Gasteiger partial charge >= 0.3 is 0 Å². The zero-order valence-electron chi connectivity index (χ0n) is 13.8. The van der Waals surface area contributed by atoms with Gasteiger partial charge in [-0.1, -0.05) is 23.2 Å². The van der Waals surface area contributed by atoms with Gasteiger partial charge in [-0.2, -0.15) is 0 Å². The quantitative estimate of drug-likeness (QED) is 0.730. The van der Waals surface area contributed by atoms with Crippen LogP contribution in [0.25, 0.3) is 17.0 Å². The fourth-order valence-electron chi connectivity index (χ4n) is 2.73. The fourth-order valence-corrected chi connectivity index (χ4v) is 3.22. The number of carbonyl (C=O) groups excluding carboxylic acids is 1. The SMILES string of the molecule is CCNC(=O)c1cn2c(-c3ccc(Cl)cc3Cl)c(CN)c(C)nc2n1. The summed E-state index contributed by atoms with van der Waals surface area (Å²) in [6.45, 7) is 4.50. The Bertz CT molecular complexity index is 967. The molecular formula is C17H17Cl2N5O. The molecule has 3 N–H and O–H groups in total. The van der Waals surface area contributed by atoms with Gasteiger partial charge < -0.3 is 11.1 Å². The monoisotopic (exact) mass is 377 g/mol. The second kappa shape index (κ2) is 7.00. The van der Waals surface area contributed by atoms with Crippen LogP contribution in [0.4, 0.5) is 0 Å². The summed E-state index contributed by atoms with van der Waals surface area (Å²) in [7, 11) is 0. The Morgan fingerprint density at radius 1 is 1.32 bits per heavy atom. The molecule has 0 saturated carbocycles. The van der Waals surface area contributed by atoms with Crippen molar-refractivity contribution in [1.29, 1.82) is 0 Å². The Morgan fingerprint density at radius 2 is 2.08 bits per heavy atom. The predicted molar refractivity (Wildman–Crippen MR) is 99.1 cm³/mol. The number of imidazole rings is 1. The number of rotatable bonds is 4. The van der Waals surface area contributed by atoms with Crippen LogP contribution in [0.15, 0.2) is 24.4 Å². The summed E-state index contributed by atoms with van der Waals surface area (Å²) in [6, 6.07) is 5.25. The highest BCUT2D eigenvalue weighted by Gasteiger charge is 2.19. The Balaban J connectivity index is 2.32. The second-order valence-electron chi connectivity index (χ2n) is 5.51. The van der Waals surface area contributed by atoms with Crippen LogP contribution in [0.2, 0.25) is 10.0 Å². The molecule has 1 amide bonds. The Morgan fingerprint density at radius 3 is 2.72 bits per heavy atom. The number of halogens is 2. The molecule has 8 heteroatoms. The molecule has 0 radical (unpaired) electrons. The summed E-state index contributed by atoms with van der Waals surface area (Å²) in [5.74, 6) is 0.157. The lowest BCUT2D eigenvalue weighted by molar-refractivity contribution is 0.0951. The van der Waals surface area contributed by atoms with Crippen molar-refractivity contribution in [3.63, 3.8) is 0 Å². The molecule has 0 unspecified atom stereocenters. The number of amides is 1. The van der Waals surface area contributed by atoms with Crippen LogP contribution in [-0.4, -0.2) is 26.8 Å². The molecule has 130 valence electrons. The van der Waals surface area contributed by atoms with Gasteiger partial charge in [-0.15, -0.1) is 0 Å². The zero-order chi connectivity index (χ0) is 18.1. The van der Waals surface area contributed by atoms with Crippen LogP contribution in [0.5, 0.6) is 0 Å². The standard InChI is InChI=1S/C17H17Cl2N5O/c1-3-21-16(25)14-8-24-15(11-5-4-10(18)6-13(11)19)12(7-20)9(2)22-17(24)23-14/h4-6,8H,3,7,20H2,1-2H3,(H,21,25). The highest BCUT2D eigenvalue weighted by molar-refractivity contribution is 6.36. The highest BCUT2D eigenvalue weighted by atomic mass is 35.5. The summed E-state index contributed by atoms with van der Waals surface area (Å²) < 4.78 is 1.74. The number of aryl methyl sites for hydroxylation is 1. The van der Waals surface area contributed by atoms with Crippen molar-refractivity contribution in [2.45, 2.75) is 20.4 Å². The lowest BCUT2D eigenvalue weighted by atomic mass is 10.0. The highest BCUT2D eigenvalue weighted by Crippen LogP contribution is 2.33. The number of hydrogen-bond donors (Lipinski definition) is 2. The first-order valence-electron chi connectivity index (χ1n) is 7.78. The summed E-state index contributed by atoms with van der Waals surface area (Å²) in [4.78, 5) is 20.9. The molecule has 25 heavy (non-hydrogen) atoms. The smallest absolute Gasteiger partial charge is 0.271 e. The van der Waals surface area contributed by atoms with Crippen LogP contribution in [0.3, 0.4) is 0 Å². The first-order chi connectivity index (χ1) is 12.0. The molecule has 0 aliphatic rings. The maximum atomic E-state index is 12.1. The van der Waals surface area contributed by atoms with Crippen LogP contribution >= 0.6 is 23.2 Å². The van der Waals surface area contributed by atoms with Gasteiger partial charge in [0.05, 0.1) is 10.7 Å². The van der Waals surface area contributed by atoms with Gasteiger partial charge in [0.1, 0.15) is 5.69 Å². The molecule has 0 atom stereocenters. The van der Waals surface area contributed by atoms with Gasteiger partial charge in [0, 0.05) is 41.1 Å². The first-order valence-corrected chi connectivity index (χ1v) is 8.54. The topological polar surface area (TPSA) is 85.3 Å². The van der Waals surface area contributed by atoms with Crippen molar-refractivity contribution in [2.75, 3.05) is 6.54 Å². The summed E-state index contributed by atoms with van der Waals surface area (Å²) in [6.07, 6.45) is 1.65. The van der Waals surface area contributed by atoms with Gasteiger partial charge in [0.2, 0.25) is 5.78 Å². The van der Waals surface area contributed by atoms with Gasteiger partial charge in [0.25, 0.3) is 5.91 Å². The minimum absolute atomic E-state index is 0.256. The molecule has 0 spiro atoms. The van der Waals surface area contributed by atoms with Crippen LogP contribution in [0, 0.1) is 6.92 Å². The average molecular weight is 378 g/mol. The lowest BCUT2D eigenvalue weighted by Gasteiger charge is -2.14. The van der Waals surface area contributed by atoms with Crippen LogP contribution in [0.1, 0.15) is 28.7 Å². The van der Waals surface area contributed by atoms with E-state index in [0.29, 0.717) is 22.4 Å². The van der Waals surface area contributed by atoms with E-state index in [1.54, 1.807) is 22.7 Å². The summed E-state index contributed by atoms with van der Waals surface area (Å²) in [5, 5.41) is 3.76. The van der Waals surface area contributed by atoms with E-state index >= 15 is 0 Å². The molecule has 1 aromatic carbocycles. The van der Waals surface area contributed by atoms with E-state index in [1.165, 1.54) is 0 Å². The van der Waals surface area contributed by atoms with Gasteiger partial charge in [0.15, 0.2) is 0 Å². The minimum Gasteiger partial charge on any atom is -0.351 e. The first kappa shape index (κ1) is 17.7. The molecule has 0 aliphatic heterocycles. The van der Waals surface area contributed by atoms with Crippen LogP contribution < -0.4 is 11.1 Å². The van der Waals surface area contributed by atoms with Crippen molar-refractivity contribution in [1.82, 2.24) is 19.7 Å². The summed E-state index contributed by atoms with van der Waals surface area (Å²) in [5.41, 5.74) is 9.32. The third kappa shape index (κ3) is 3.20. The van der Waals surface area contributed by atoms with E-state index in [4.69, 9.17) is 28.9 Å². The number of nitrogens with two attached hydrogens (primary N) is 1. The van der Waals surface area contributed by atoms with Crippen molar-refractivity contribution in [3.8, 4) is 11.3 Å². The van der Waals surface area contributed by atoms with Gasteiger partial charge in [-0.05, 0) is 32.0 Å². The Hall–Kier alpha value is -2.15. The third-order valence-electron chi connectivity index (χ3n) is 3.88. The molecule has 3 aromatic rings. The largest absolute Gasteiger partial charge is 0.351 e. The predicted octanol–water partition coefficient (Wildman–Crippen LogP) is 3.22. The molecule has 2 aromatic heterocycles. The van der Waals surface area contributed by atoms with E-state index in [2.05, 4.69) is 15.3 Å². The molecule has 3 rings (SSSR count). The van der Waals surface area contributed by atoms with E-state index in [1.807, 2.05) is 19.9 Å². The van der Waals surface area contributed by atoms with E-state index in [0.717, 1.165) is 22.5 Å².